The van der Waals surface area contributed by atoms with Crippen molar-refractivity contribution >= 4 is 34.1 Å². The number of pyridine rings is 1. The van der Waals surface area contributed by atoms with Crippen LogP contribution in [-0.4, -0.2) is 26.6 Å². The summed E-state index contributed by atoms with van der Waals surface area (Å²) in [7, 11) is 0. The van der Waals surface area contributed by atoms with Gasteiger partial charge in [-0.1, -0.05) is 6.07 Å². The van der Waals surface area contributed by atoms with Crippen LogP contribution in [-0.2, 0) is 16.1 Å². The van der Waals surface area contributed by atoms with E-state index in [1.54, 1.807) is 30.5 Å². The first-order valence-electron chi connectivity index (χ1n) is 13.0. The summed E-state index contributed by atoms with van der Waals surface area (Å²) in [6.45, 7) is 2.85. The monoisotopic (exact) mass is 535 g/mol. The maximum atomic E-state index is 13.2. The summed E-state index contributed by atoms with van der Waals surface area (Å²) in [6.07, 6.45) is 6.45. The lowest BCUT2D eigenvalue weighted by molar-refractivity contribution is -0.131. The number of halogens is 1. The van der Waals surface area contributed by atoms with Crippen molar-refractivity contribution in [2.45, 2.75) is 26.3 Å². The van der Waals surface area contributed by atoms with E-state index in [4.69, 9.17) is 4.74 Å². The second kappa shape index (κ2) is 10.3. The van der Waals surface area contributed by atoms with Gasteiger partial charge < -0.3 is 15.4 Å². The molecule has 0 saturated heterocycles. The van der Waals surface area contributed by atoms with E-state index in [9.17, 15) is 14.0 Å². The predicted molar refractivity (Wildman–Crippen MR) is 150 cm³/mol. The fourth-order valence-electron chi connectivity index (χ4n) is 4.53. The van der Waals surface area contributed by atoms with E-state index in [0.29, 0.717) is 35.7 Å². The molecule has 2 aromatic heterocycles. The fraction of sp³-hybridized carbons (Fsp3) is 0.161. The Morgan fingerprint density at radius 2 is 1.60 bits per heavy atom. The molecule has 0 aliphatic heterocycles. The van der Waals surface area contributed by atoms with Crippen LogP contribution in [0.5, 0.6) is 11.5 Å². The smallest absolute Gasteiger partial charge is 0.240 e. The number of hydrogen-bond donors (Lipinski definition) is 2. The van der Waals surface area contributed by atoms with E-state index >= 15 is 0 Å². The minimum atomic E-state index is -1.13. The number of rotatable bonds is 8. The molecule has 1 saturated carbocycles. The first kappa shape index (κ1) is 25.2. The molecule has 1 fully saturated rings. The zero-order chi connectivity index (χ0) is 27.7. The van der Waals surface area contributed by atoms with Crippen LogP contribution >= 0.6 is 0 Å². The van der Waals surface area contributed by atoms with Crippen molar-refractivity contribution in [1.29, 1.82) is 0 Å². The quantitative estimate of drug-likeness (QED) is 0.224. The van der Waals surface area contributed by atoms with Crippen molar-refractivity contribution in [2.75, 3.05) is 10.6 Å². The number of anilines is 2. The van der Waals surface area contributed by atoms with Gasteiger partial charge in [-0.15, -0.1) is 0 Å². The maximum Gasteiger partial charge on any atom is 0.240 e. The maximum absolute atomic E-state index is 13.2. The molecule has 2 amide bonds. The van der Waals surface area contributed by atoms with Gasteiger partial charge in [-0.3, -0.25) is 19.3 Å². The molecule has 0 spiro atoms. The minimum absolute atomic E-state index is 0.374. The third kappa shape index (κ3) is 5.01. The van der Waals surface area contributed by atoms with E-state index in [2.05, 4.69) is 20.7 Å². The van der Waals surface area contributed by atoms with Crippen LogP contribution in [0, 0.1) is 11.2 Å². The number of carbonyl (C=O) groups excluding carboxylic acids is 2. The molecule has 0 bridgehead atoms. The minimum Gasteiger partial charge on any atom is -0.457 e. The van der Waals surface area contributed by atoms with E-state index < -0.39 is 17.1 Å². The highest BCUT2D eigenvalue weighted by Gasteiger charge is 2.56. The SMILES string of the molecule is CCn1cc(-c2ccc3c(Oc4ccc(NC(=O)C5(C(=O)Nc6ccc(F)cc6)CC5)cc4)ccnc3c2)cn1. The average molecular weight is 536 g/mol. The summed E-state index contributed by atoms with van der Waals surface area (Å²) >= 11 is 0. The lowest BCUT2D eigenvalue weighted by atomic mass is 10.0. The first-order valence-corrected chi connectivity index (χ1v) is 13.0. The summed E-state index contributed by atoms with van der Waals surface area (Å²) in [6, 6.07) is 20.2. The molecule has 1 aliphatic rings. The normalized spacial score (nSPS) is 13.6. The Kier molecular flexibility index (Phi) is 6.47. The van der Waals surface area contributed by atoms with Crippen LogP contribution in [0.1, 0.15) is 19.8 Å². The van der Waals surface area contributed by atoms with Crippen LogP contribution in [0.3, 0.4) is 0 Å². The number of nitrogens with one attached hydrogen (secondary N) is 2. The molecule has 0 unspecified atom stereocenters. The van der Waals surface area contributed by atoms with Crippen molar-refractivity contribution in [3.8, 4) is 22.6 Å². The van der Waals surface area contributed by atoms with Crippen LogP contribution in [0.4, 0.5) is 15.8 Å². The van der Waals surface area contributed by atoms with E-state index in [1.165, 1.54) is 24.3 Å². The highest BCUT2D eigenvalue weighted by atomic mass is 19.1. The lowest BCUT2D eigenvalue weighted by Gasteiger charge is -2.16. The summed E-state index contributed by atoms with van der Waals surface area (Å²) in [4.78, 5) is 30.3. The number of ether oxygens (including phenoxy) is 1. The molecule has 2 N–H and O–H groups in total. The van der Waals surface area contributed by atoms with Gasteiger partial charge in [0.25, 0.3) is 0 Å². The van der Waals surface area contributed by atoms with E-state index in [1.807, 2.05) is 48.3 Å². The van der Waals surface area contributed by atoms with Crippen molar-refractivity contribution in [2.24, 2.45) is 5.41 Å². The molecule has 40 heavy (non-hydrogen) atoms. The Balaban J connectivity index is 1.12. The molecular weight excluding hydrogens is 509 g/mol. The van der Waals surface area contributed by atoms with Crippen molar-refractivity contribution in [1.82, 2.24) is 14.8 Å². The third-order valence-electron chi connectivity index (χ3n) is 7.05. The number of aromatic nitrogens is 3. The number of amides is 2. The molecule has 1 aliphatic carbocycles. The Labute approximate surface area is 229 Å². The van der Waals surface area contributed by atoms with Gasteiger partial charge in [-0.25, -0.2) is 4.39 Å². The topological polar surface area (TPSA) is 98.1 Å². The third-order valence-corrected chi connectivity index (χ3v) is 7.05. The Hall–Kier alpha value is -5.05. The van der Waals surface area contributed by atoms with Gasteiger partial charge in [0.05, 0.1) is 11.7 Å². The van der Waals surface area contributed by atoms with Gasteiger partial charge in [-0.05, 0) is 92.1 Å². The number of aryl methyl sites for hydroxylation is 1. The van der Waals surface area contributed by atoms with Gasteiger partial charge in [-0.2, -0.15) is 5.10 Å². The van der Waals surface area contributed by atoms with Crippen molar-refractivity contribution < 1.29 is 18.7 Å². The van der Waals surface area contributed by atoms with Gasteiger partial charge in [0.15, 0.2) is 0 Å². The second-order valence-corrected chi connectivity index (χ2v) is 9.75. The Morgan fingerprint density at radius 1 is 0.925 bits per heavy atom. The molecule has 8 nitrogen and oxygen atoms in total. The molecule has 0 atom stereocenters. The van der Waals surface area contributed by atoms with E-state index in [0.717, 1.165) is 28.6 Å². The average Bonchev–Trinajstić information content (AvgIpc) is 3.66. The molecule has 5 aromatic rings. The zero-order valence-corrected chi connectivity index (χ0v) is 21.7. The summed E-state index contributed by atoms with van der Waals surface area (Å²) in [5.74, 6) is 0.0810. The molecule has 9 heteroatoms. The molecule has 0 radical (unpaired) electrons. The van der Waals surface area contributed by atoms with E-state index in [-0.39, 0.29) is 5.91 Å². The Bertz CT molecular complexity index is 1710. The number of hydrogen-bond acceptors (Lipinski definition) is 5. The fourth-order valence-corrected chi connectivity index (χ4v) is 4.53. The summed E-state index contributed by atoms with van der Waals surface area (Å²) in [5, 5.41) is 10.8. The number of nitrogens with zero attached hydrogens (tertiary/aromatic N) is 3. The highest BCUT2D eigenvalue weighted by Crippen LogP contribution is 2.47. The largest absolute Gasteiger partial charge is 0.457 e. The summed E-state index contributed by atoms with van der Waals surface area (Å²) < 4.78 is 21.2. The van der Waals surface area contributed by atoms with Gasteiger partial charge >= 0.3 is 0 Å². The van der Waals surface area contributed by atoms with Crippen LogP contribution < -0.4 is 15.4 Å². The molecule has 6 rings (SSSR count). The highest BCUT2D eigenvalue weighted by molar-refractivity contribution is 6.16. The number of fused-ring (bicyclic) bond motifs is 1. The first-order chi connectivity index (χ1) is 19.4. The van der Waals surface area contributed by atoms with Crippen molar-refractivity contribution in [3.05, 3.63) is 97.2 Å². The zero-order valence-electron chi connectivity index (χ0n) is 21.7. The van der Waals surface area contributed by atoms with Crippen molar-refractivity contribution in [3.63, 3.8) is 0 Å². The predicted octanol–water partition coefficient (Wildman–Crippen LogP) is 6.41. The summed E-state index contributed by atoms with van der Waals surface area (Å²) in [5.41, 5.74) is 2.71. The number of benzene rings is 3. The Morgan fingerprint density at radius 3 is 2.23 bits per heavy atom. The van der Waals surface area contributed by atoms with Crippen LogP contribution in [0.2, 0.25) is 0 Å². The molecule has 200 valence electrons. The van der Waals surface area contributed by atoms with Crippen LogP contribution in [0.15, 0.2) is 91.4 Å². The molecule has 2 heterocycles. The standard InChI is InChI=1S/C31H26FN5O3/c1-2-37-19-21(18-34-37)20-3-12-26-27(17-20)33-16-13-28(26)40-25-10-8-24(9-11-25)36-30(39)31(14-15-31)29(38)35-23-6-4-22(32)5-7-23/h3-13,16-19H,2,14-15H2,1H3,(H,35,38)(H,36,39). The molecular formula is C31H26FN5O3. The van der Waals surface area contributed by atoms with Gasteiger partial charge in [0.2, 0.25) is 11.8 Å². The van der Waals surface area contributed by atoms with Gasteiger partial charge in [0, 0.05) is 41.3 Å². The van der Waals surface area contributed by atoms with Gasteiger partial charge in [0.1, 0.15) is 22.7 Å². The molecule has 3 aromatic carbocycles. The van der Waals surface area contributed by atoms with Crippen LogP contribution in [0.25, 0.3) is 22.0 Å². The number of carbonyl (C=O) groups is 2. The lowest BCUT2D eigenvalue weighted by Crippen LogP contribution is -2.35. The second-order valence-electron chi connectivity index (χ2n) is 9.75.